The van der Waals surface area contributed by atoms with Gasteiger partial charge >= 0.3 is 0 Å². The Morgan fingerprint density at radius 1 is 1.21 bits per heavy atom. The van der Waals surface area contributed by atoms with Gasteiger partial charge in [0.25, 0.3) is 0 Å². The molecule has 1 aliphatic rings. The number of unbranched alkanes of at least 4 members (excludes halogenated alkanes) is 3. The highest BCUT2D eigenvalue weighted by atomic mass is 15.6. The Kier molecular flexibility index (Phi) is 5.65. The molecular weight excluding hydrogens is 236 g/mol. The second kappa shape index (κ2) is 6.60. The topological polar surface area (TPSA) is 53.6 Å². The summed E-state index contributed by atoms with van der Waals surface area (Å²) in [5.74, 6) is 0.631. The quantitative estimate of drug-likeness (QED) is 0.442. The molecule has 4 heteroatoms. The van der Waals surface area contributed by atoms with Crippen LogP contribution in [0.2, 0.25) is 0 Å². The predicted molar refractivity (Wildman–Crippen MR) is 83.0 cm³/mol. The fourth-order valence-electron chi connectivity index (χ4n) is 2.25. The molecule has 1 heterocycles. The Morgan fingerprint density at radius 3 is 2.32 bits per heavy atom. The average molecular weight is 268 g/mol. The lowest BCUT2D eigenvalue weighted by atomic mass is 9.89. The normalized spacial score (nSPS) is 19.4. The third-order valence-corrected chi connectivity index (χ3v) is 3.61. The lowest BCUT2D eigenvalue weighted by molar-refractivity contribution is 0.0338. The molecule has 0 aromatic heterocycles. The SMILES string of the molecule is CC(C)(C)CCCCCCN=C(N)N1NCC1(C)C. The second-order valence-electron chi connectivity index (χ2n) is 7.45. The molecule has 19 heavy (non-hydrogen) atoms. The molecule has 112 valence electrons. The van der Waals surface area contributed by atoms with E-state index in [1.165, 1.54) is 25.7 Å². The summed E-state index contributed by atoms with van der Waals surface area (Å²) in [6.45, 7) is 13.1. The van der Waals surface area contributed by atoms with Gasteiger partial charge in [0.2, 0.25) is 5.96 Å². The summed E-state index contributed by atoms with van der Waals surface area (Å²) in [4.78, 5) is 4.45. The molecule has 1 aliphatic heterocycles. The first-order valence-corrected chi connectivity index (χ1v) is 7.56. The number of guanidine groups is 1. The molecule has 1 rings (SSSR count). The number of rotatable bonds is 6. The third-order valence-electron chi connectivity index (χ3n) is 3.61. The first kappa shape index (κ1) is 16.3. The highest BCUT2D eigenvalue weighted by molar-refractivity contribution is 5.79. The van der Waals surface area contributed by atoms with Crippen molar-refractivity contribution >= 4 is 5.96 Å². The van der Waals surface area contributed by atoms with E-state index in [0.717, 1.165) is 19.5 Å². The van der Waals surface area contributed by atoms with Crippen molar-refractivity contribution in [3.05, 3.63) is 0 Å². The summed E-state index contributed by atoms with van der Waals surface area (Å²) in [5.41, 5.74) is 9.74. The molecule has 0 atom stereocenters. The molecule has 0 aliphatic carbocycles. The monoisotopic (exact) mass is 268 g/mol. The van der Waals surface area contributed by atoms with Crippen LogP contribution in [0.1, 0.15) is 66.7 Å². The van der Waals surface area contributed by atoms with Crippen molar-refractivity contribution in [2.45, 2.75) is 72.3 Å². The van der Waals surface area contributed by atoms with Gasteiger partial charge in [0.15, 0.2) is 0 Å². The third kappa shape index (κ3) is 5.81. The minimum atomic E-state index is 0.111. The highest BCUT2D eigenvalue weighted by Gasteiger charge is 2.37. The van der Waals surface area contributed by atoms with Crippen LogP contribution in [0.4, 0.5) is 0 Å². The summed E-state index contributed by atoms with van der Waals surface area (Å²) in [6.07, 6.45) is 6.33. The predicted octanol–water partition coefficient (Wildman–Crippen LogP) is 2.90. The van der Waals surface area contributed by atoms with E-state index in [4.69, 9.17) is 5.73 Å². The largest absolute Gasteiger partial charge is 0.369 e. The van der Waals surface area contributed by atoms with Gasteiger partial charge in [-0.1, -0.05) is 40.0 Å². The van der Waals surface area contributed by atoms with Crippen molar-refractivity contribution in [2.24, 2.45) is 16.1 Å². The Balaban J connectivity index is 2.07. The standard InChI is InChI=1S/C15H32N4/c1-14(2,3)10-8-6-7-9-11-17-13(16)19-15(4,5)12-18-19/h18H,6-12H2,1-5H3,(H2,16,17). The van der Waals surface area contributed by atoms with Gasteiger partial charge in [-0.3, -0.25) is 10.0 Å². The Bertz CT molecular complexity index is 302. The number of hydrazine groups is 1. The number of aliphatic imine (C=N–C) groups is 1. The smallest absolute Gasteiger partial charge is 0.206 e. The van der Waals surface area contributed by atoms with E-state index in [1.807, 2.05) is 5.01 Å². The number of hydrogen-bond acceptors (Lipinski definition) is 2. The summed E-state index contributed by atoms with van der Waals surface area (Å²) < 4.78 is 0. The zero-order valence-electron chi connectivity index (χ0n) is 13.4. The molecule has 1 fully saturated rings. The van der Waals surface area contributed by atoms with Crippen LogP contribution in [0.5, 0.6) is 0 Å². The lowest BCUT2D eigenvalue weighted by Gasteiger charge is -2.49. The van der Waals surface area contributed by atoms with Crippen molar-refractivity contribution in [1.82, 2.24) is 10.4 Å². The van der Waals surface area contributed by atoms with E-state index in [1.54, 1.807) is 0 Å². The van der Waals surface area contributed by atoms with Gasteiger partial charge < -0.3 is 5.73 Å². The van der Waals surface area contributed by atoms with Crippen LogP contribution < -0.4 is 11.2 Å². The number of hydrogen-bond donors (Lipinski definition) is 2. The molecule has 1 saturated heterocycles. The van der Waals surface area contributed by atoms with E-state index in [-0.39, 0.29) is 5.54 Å². The van der Waals surface area contributed by atoms with Crippen LogP contribution in [0, 0.1) is 5.41 Å². The van der Waals surface area contributed by atoms with Gasteiger partial charge in [-0.15, -0.1) is 0 Å². The van der Waals surface area contributed by atoms with Crippen LogP contribution in [0.3, 0.4) is 0 Å². The summed E-state index contributed by atoms with van der Waals surface area (Å²) >= 11 is 0. The van der Waals surface area contributed by atoms with Crippen LogP contribution >= 0.6 is 0 Å². The minimum Gasteiger partial charge on any atom is -0.369 e. The summed E-state index contributed by atoms with van der Waals surface area (Å²) in [5, 5.41) is 1.96. The summed E-state index contributed by atoms with van der Waals surface area (Å²) in [7, 11) is 0. The van der Waals surface area contributed by atoms with Gasteiger partial charge in [0, 0.05) is 13.1 Å². The molecule has 0 radical (unpaired) electrons. The molecule has 0 bridgehead atoms. The van der Waals surface area contributed by atoms with Crippen LogP contribution in [-0.2, 0) is 0 Å². The zero-order valence-corrected chi connectivity index (χ0v) is 13.4. The van der Waals surface area contributed by atoms with Gasteiger partial charge in [0.05, 0.1) is 5.54 Å². The second-order valence-corrected chi connectivity index (χ2v) is 7.45. The van der Waals surface area contributed by atoms with Gasteiger partial charge in [-0.05, 0) is 32.1 Å². The molecule has 0 unspecified atom stereocenters. The minimum absolute atomic E-state index is 0.111. The first-order valence-electron chi connectivity index (χ1n) is 7.56. The number of nitrogens with one attached hydrogen (secondary N) is 1. The van der Waals surface area contributed by atoms with Crippen molar-refractivity contribution in [3.63, 3.8) is 0 Å². The molecule has 0 aromatic rings. The van der Waals surface area contributed by atoms with Crippen molar-refractivity contribution in [2.75, 3.05) is 13.1 Å². The number of nitrogens with two attached hydrogens (primary N) is 1. The van der Waals surface area contributed by atoms with Crippen molar-refractivity contribution in [3.8, 4) is 0 Å². The lowest BCUT2D eigenvalue weighted by Crippen LogP contribution is -2.72. The van der Waals surface area contributed by atoms with Gasteiger partial charge in [-0.25, -0.2) is 5.43 Å². The molecular formula is C15H32N4. The Morgan fingerprint density at radius 2 is 1.84 bits per heavy atom. The maximum Gasteiger partial charge on any atom is 0.206 e. The van der Waals surface area contributed by atoms with Gasteiger partial charge in [-0.2, -0.15) is 0 Å². The van der Waals surface area contributed by atoms with Crippen LogP contribution in [0.15, 0.2) is 4.99 Å². The molecule has 4 nitrogen and oxygen atoms in total. The van der Waals surface area contributed by atoms with E-state index < -0.39 is 0 Å². The fourth-order valence-corrected chi connectivity index (χ4v) is 2.25. The zero-order chi connectivity index (χ0) is 14.5. The van der Waals surface area contributed by atoms with Crippen molar-refractivity contribution < 1.29 is 0 Å². The van der Waals surface area contributed by atoms with Crippen molar-refractivity contribution in [1.29, 1.82) is 0 Å². The molecule has 3 N–H and O–H groups in total. The van der Waals surface area contributed by atoms with E-state index in [2.05, 4.69) is 45.0 Å². The average Bonchev–Trinajstić information content (AvgIpc) is 2.25. The maximum atomic E-state index is 5.97. The molecule has 0 saturated carbocycles. The van der Waals surface area contributed by atoms with E-state index >= 15 is 0 Å². The van der Waals surface area contributed by atoms with Gasteiger partial charge in [0.1, 0.15) is 0 Å². The molecule has 0 aromatic carbocycles. The first-order chi connectivity index (χ1) is 8.72. The Hall–Kier alpha value is -0.770. The van der Waals surface area contributed by atoms with Crippen LogP contribution in [0.25, 0.3) is 0 Å². The van der Waals surface area contributed by atoms with E-state index in [9.17, 15) is 0 Å². The fraction of sp³-hybridized carbons (Fsp3) is 0.933. The highest BCUT2D eigenvalue weighted by Crippen LogP contribution is 2.22. The van der Waals surface area contributed by atoms with Crippen LogP contribution in [-0.4, -0.2) is 29.6 Å². The molecule has 0 amide bonds. The maximum absolute atomic E-state index is 5.97. The molecule has 0 spiro atoms. The number of nitrogens with zero attached hydrogens (tertiary/aromatic N) is 2. The van der Waals surface area contributed by atoms with E-state index in [0.29, 0.717) is 11.4 Å². The Labute approximate surface area is 118 Å². The summed E-state index contributed by atoms with van der Waals surface area (Å²) in [6, 6.07) is 0.